The minimum atomic E-state index is -0.939. The van der Waals surface area contributed by atoms with Gasteiger partial charge in [0.25, 0.3) is 0 Å². The minimum absolute atomic E-state index is 0.268. The Morgan fingerprint density at radius 1 is 0.806 bits per heavy atom. The van der Waals surface area contributed by atoms with Crippen molar-refractivity contribution in [3.63, 3.8) is 0 Å². The van der Waals surface area contributed by atoms with Crippen LogP contribution in [0.3, 0.4) is 0 Å². The number of hydrogen-bond donors (Lipinski definition) is 2. The molecule has 2 bridgehead atoms. The standard InChI is InChI=1S/C26H23NO4/c1-2-31-16-13-11-15(12-14-16)27-25(28)23-21-17-7-3-5-9-19(17)22(24(23)26(29)30)20-10-6-4-8-18(20)21/h3-14,21-24H,2H2,1H3,(H,27,28)(H,29,30)/t21?,22?,23-,24+/m0/s1. The molecule has 2 atom stereocenters. The van der Waals surface area contributed by atoms with Crippen molar-refractivity contribution in [2.75, 3.05) is 11.9 Å². The summed E-state index contributed by atoms with van der Waals surface area (Å²) in [6, 6.07) is 23.0. The molecule has 3 aromatic carbocycles. The summed E-state index contributed by atoms with van der Waals surface area (Å²) < 4.78 is 5.46. The largest absolute Gasteiger partial charge is 0.494 e. The van der Waals surface area contributed by atoms with Crippen LogP contribution >= 0.6 is 0 Å². The summed E-state index contributed by atoms with van der Waals surface area (Å²) in [6.45, 7) is 2.48. The smallest absolute Gasteiger partial charge is 0.308 e. The van der Waals surface area contributed by atoms with E-state index in [0.29, 0.717) is 12.3 Å². The first-order chi connectivity index (χ1) is 15.1. The first kappa shape index (κ1) is 19.4. The molecule has 3 aliphatic rings. The molecule has 0 aromatic heterocycles. The maximum atomic E-state index is 13.5. The number of carboxylic acid groups (broad SMARTS) is 1. The molecule has 156 valence electrons. The zero-order chi connectivity index (χ0) is 21.5. The van der Waals surface area contributed by atoms with E-state index in [1.165, 1.54) is 0 Å². The number of anilines is 1. The van der Waals surface area contributed by atoms with Crippen LogP contribution in [-0.4, -0.2) is 23.6 Å². The van der Waals surface area contributed by atoms with Crippen molar-refractivity contribution in [1.82, 2.24) is 0 Å². The highest BCUT2D eigenvalue weighted by Gasteiger charge is 2.55. The van der Waals surface area contributed by atoms with Gasteiger partial charge in [-0.15, -0.1) is 0 Å². The SMILES string of the molecule is CCOc1ccc(NC(=O)[C@H]2C3c4ccccc4C(c4ccccc43)[C@H]2C(=O)O)cc1. The number of fused-ring (bicyclic) bond motifs is 1. The maximum Gasteiger partial charge on any atom is 0.308 e. The van der Waals surface area contributed by atoms with E-state index in [1.54, 1.807) is 24.3 Å². The first-order valence-electron chi connectivity index (χ1n) is 10.5. The second kappa shape index (κ2) is 7.58. The fourth-order valence-electron chi connectivity index (χ4n) is 5.32. The van der Waals surface area contributed by atoms with Gasteiger partial charge in [-0.3, -0.25) is 9.59 Å². The highest BCUT2D eigenvalue weighted by atomic mass is 16.5. The number of benzene rings is 3. The number of amides is 1. The van der Waals surface area contributed by atoms with Gasteiger partial charge in [0.2, 0.25) is 5.91 Å². The molecule has 0 saturated heterocycles. The van der Waals surface area contributed by atoms with Crippen molar-refractivity contribution in [2.45, 2.75) is 18.8 Å². The van der Waals surface area contributed by atoms with Crippen molar-refractivity contribution >= 4 is 17.6 Å². The van der Waals surface area contributed by atoms with Crippen LogP contribution in [0.5, 0.6) is 5.75 Å². The van der Waals surface area contributed by atoms with Crippen molar-refractivity contribution in [3.8, 4) is 5.75 Å². The van der Waals surface area contributed by atoms with Gasteiger partial charge < -0.3 is 15.2 Å². The number of carboxylic acids is 1. The van der Waals surface area contributed by atoms with Gasteiger partial charge in [0.15, 0.2) is 0 Å². The number of ether oxygens (including phenoxy) is 1. The fourth-order valence-corrected chi connectivity index (χ4v) is 5.32. The lowest BCUT2D eigenvalue weighted by atomic mass is 9.54. The average molecular weight is 413 g/mol. The van der Waals surface area contributed by atoms with Crippen LogP contribution in [0.1, 0.15) is 41.0 Å². The number of hydrogen-bond acceptors (Lipinski definition) is 3. The molecule has 0 spiro atoms. The maximum absolute atomic E-state index is 13.5. The van der Waals surface area contributed by atoms with Gasteiger partial charge in [0, 0.05) is 17.5 Å². The van der Waals surface area contributed by atoms with E-state index in [0.717, 1.165) is 28.0 Å². The highest BCUT2D eigenvalue weighted by Crippen LogP contribution is 2.58. The first-order valence-corrected chi connectivity index (χ1v) is 10.5. The lowest BCUT2D eigenvalue weighted by molar-refractivity contribution is -0.148. The van der Waals surface area contributed by atoms with Crippen LogP contribution in [0.2, 0.25) is 0 Å². The van der Waals surface area contributed by atoms with Crippen LogP contribution in [0, 0.1) is 11.8 Å². The highest BCUT2D eigenvalue weighted by molar-refractivity contribution is 5.98. The van der Waals surface area contributed by atoms with Gasteiger partial charge in [0.05, 0.1) is 18.4 Å². The van der Waals surface area contributed by atoms with E-state index in [1.807, 2.05) is 55.5 Å². The Kier molecular flexibility index (Phi) is 4.74. The molecular formula is C26H23NO4. The molecule has 3 aliphatic carbocycles. The van der Waals surface area contributed by atoms with E-state index in [2.05, 4.69) is 5.32 Å². The van der Waals surface area contributed by atoms with Crippen LogP contribution in [-0.2, 0) is 9.59 Å². The Morgan fingerprint density at radius 3 is 1.74 bits per heavy atom. The van der Waals surface area contributed by atoms with Crippen LogP contribution < -0.4 is 10.1 Å². The number of carbonyl (C=O) groups is 2. The van der Waals surface area contributed by atoms with Crippen LogP contribution in [0.4, 0.5) is 5.69 Å². The molecule has 0 radical (unpaired) electrons. The number of rotatable bonds is 5. The lowest BCUT2D eigenvalue weighted by Crippen LogP contribution is -2.48. The Morgan fingerprint density at radius 2 is 1.29 bits per heavy atom. The third kappa shape index (κ3) is 3.08. The quantitative estimate of drug-likeness (QED) is 0.639. The Bertz CT molecular complexity index is 1110. The molecule has 3 aromatic rings. The normalized spacial score (nSPS) is 22.9. The second-order valence-corrected chi connectivity index (χ2v) is 8.05. The monoisotopic (exact) mass is 413 g/mol. The molecule has 0 fully saturated rings. The summed E-state index contributed by atoms with van der Waals surface area (Å²) in [5.74, 6) is -2.63. The molecule has 6 rings (SSSR count). The molecule has 0 saturated carbocycles. The van der Waals surface area contributed by atoms with Gasteiger partial charge in [-0.1, -0.05) is 48.5 Å². The van der Waals surface area contributed by atoms with Gasteiger partial charge in [-0.25, -0.2) is 0 Å². The zero-order valence-electron chi connectivity index (χ0n) is 17.1. The number of aliphatic carboxylic acids is 1. The molecule has 0 aliphatic heterocycles. The third-order valence-electron chi connectivity index (χ3n) is 6.46. The Labute approximate surface area is 180 Å². The van der Waals surface area contributed by atoms with Crippen molar-refractivity contribution in [1.29, 1.82) is 0 Å². The van der Waals surface area contributed by atoms with Gasteiger partial charge in [-0.05, 0) is 53.4 Å². The topological polar surface area (TPSA) is 75.6 Å². The predicted octanol–water partition coefficient (Wildman–Crippen LogP) is 4.63. The summed E-state index contributed by atoms with van der Waals surface area (Å²) in [5, 5.41) is 13.2. The van der Waals surface area contributed by atoms with Gasteiger partial charge in [0.1, 0.15) is 5.75 Å². The summed E-state index contributed by atoms with van der Waals surface area (Å²) >= 11 is 0. The minimum Gasteiger partial charge on any atom is -0.494 e. The van der Waals surface area contributed by atoms with E-state index in [9.17, 15) is 14.7 Å². The summed E-state index contributed by atoms with van der Waals surface area (Å²) in [7, 11) is 0. The molecule has 0 unspecified atom stereocenters. The molecule has 1 amide bonds. The average Bonchev–Trinajstić information content (AvgIpc) is 2.80. The third-order valence-corrected chi connectivity index (χ3v) is 6.46. The summed E-state index contributed by atoms with van der Waals surface area (Å²) in [5.41, 5.74) is 4.76. The number of nitrogens with one attached hydrogen (secondary N) is 1. The summed E-state index contributed by atoms with van der Waals surface area (Å²) in [4.78, 5) is 25.9. The van der Waals surface area contributed by atoms with Crippen LogP contribution in [0.15, 0.2) is 72.8 Å². The van der Waals surface area contributed by atoms with E-state index in [-0.39, 0.29) is 17.7 Å². The zero-order valence-corrected chi connectivity index (χ0v) is 17.1. The molecule has 5 heteroatoms. The second-order valence-electron chi connectivity index (χ2n) is 8.05. The summed E-state index contributed by atoms with van der Waals surface area (Å²) in [6.07, 6.45) is 0. The Hall–Kier alpha value is -3.60. The van der Waals surface area contributed by atoms with Crippen molar-refractivity contribution in [2.24, 2.45) is 11.8 Å². The molecule has 5 nitrogen and oxygen atoms in total. The molecule has 0 heterocycles. The van der Waals surface area contributed by atoms with Crippen molar-refractivity contribution in [3.05, 3.63) is 95.1 Å². The van der Waals surface area contributed by atoms with Crippen LogP contribution in [0.25, 0.3) is 0 Å². The molecule has 2 N–H and O–H groups in total. The van der Waals surface area contributed by atoms with Crippen molar-refractivity contribution < 1.29 is 19.4 Å². The number of carbonyl (C=O) groups excluding carboxylic acids is 1. The fraction of sp³-hybridized carbons (Fsp3) is 0.231. The molecule has 31 heavy (non-hydrogen) atoms. The Balaban J connectivity index is 1.56. The van der Waals surface area contributed by atoms with E-state index < -0.39 is 17.8 Å². The van der Waals surface area contributed by atoms with Gasteiger partial charge in [-0.2, -0.15) is 0 Å². The van der Waals surface area contributed by atoms with E-state index >= 15 is 0 Å². The van der Waals surface area contributed by atoms with Gasteiger partial charge >= 0.3 is 5.97 Å². The lowest BCUT2D eigenvalue weighted by Gasteiger charge is -2.48. The molecular weight excluding hydrogens is 390 g/mol. The predicted molar refractivity (Wildman–Crippen MR) is 117 cm³/mol. The van der Waals surface area contributed by atoms with E-state index in [4.69, 9.17) is 4.74 Å².